The van der Waals surface area contributed by atoms with Crippen LogP contribution in [0.15, 0.2) is 18.2 Å². The molecule has 1 saturated heterocycles. The van der Waals surface area contributed by atoms with E-state index in [9.17, 15) is 13.6 Å². The molecule has 22 heavy (non-hydrogen) atoms. The normalized spacial score (nSPS) is 21.7. The second-order valence-corrected chi connectivity index (χ2v) is 5.75. The maximum Gasteiger partial charge on any atom is 0.222 e. The lowest BCUT2D eigenvalue weighted by atomic mass is 9.98. The fourth-order valence-corrected chi connectivity index (χ4v) is 2.72. The second kappa shape index (κ2) is 7.54. The fraction of sp³-hybridized carbons (Fsp3) is 0.562. The van der Waals surface area contributed by atoms with E-state index < -0.39 is 11.6 Å². The number of benzene rings is 1. The van der Waals surface area contributed by atoms with Crippen molar-refractivity contribution in [1.82, 2.24) is 4.90 Å². The first-order chi connectivity index (χ1) is 10.5. The summed E-state index contributed by atoms with van der Waals surface area (Å²) < 4.78 is 31.4. The van der Waals surface area contributed by atoms with Gasteiger partial charge in [-0.25, -0.2) is 8.78 Å². The molecule has 0 aromatic heterocycles. The molecule has 2 atom stereocenters. The Morgan fingerprint density at radius 1 is 1.45 bits per heavy atom. The predicted octanol–water partition coefficient (Wildman–Crippen LogP) is 2.46. The standard InChI is InChI=1S/C16H22F2N2O2/c1-11-9-13(19)6-7-20(11)16(21)3-2-8-22-15-5-4-12(17)10-14(15)18/h4-5,10-11,13H,2-3,6-9,19H2,1H3/t11-,13+/m0/s1. The molecule has 122 valence electrons. The molecule has 4 nitrogen and oxygen atoms in total. The number of nitrogens with zero attached hydrogens (tertiary/aromatic N) is 1. The van der Waals surface area contributed by atoms with Crippen molar-refractivity contribution >= 4 is 5.91 Å². The average molecular weight is 312 g/mol. The van der Waals surface area contributed by atoms with E-state index in [2.05, 4.69) is 0 Å². The molecule has 0 unspecified atom stereocenters. The van der Waals surface area contributed by atoms with E-state index >= 15 is 0 Å². The SMILES string of the molecule is C[C@H]1C[C@H](N)CCN1C(=O)CCCOc1ccc(F)cc1F. The summed E-state index contributed by atoms with van der Waals surface area (Å²) in [5, 5.41) is 0. The molecule has 1 aliphatic rings. The topological polar surface area (TPSA) is 55.6 Å². The van der Waals surface area contributed by atoms with Gasteiger partial charge in [0.2, 0.25) is 5.91 Å². The summed E-state index contributed by atoms with van der Waals surface area (Å²) >= 11 is 0. The molecule has 1 aromatic carbocycles. The Morgan fingerprint density at radius 2 is 2.23 bits per heavy atom. The van der Waals surface area contributed by atoms with Crippen molar-refractivity contribution < 1.29 is 18.3 Å². The number of ether oxygens (including phenoxy) is 1. The minimum atomic E-state index is -0.732. The van der Waals surface area contributed by atoms with Gasteiger partial charge in [-0.2, -0.15) is 0 Å². The molecule has 2 rings (SSSR count). The molecule has 1 aliphatic heterocycles. The minimum Gasteiger partial charge on any atom is -0.491 e. The molecular formula is C16H22F2N2O2. The van der Waals surface area contributed by atoms with E-state index in [1.54, 1.807) is 0 Å². The molecule has 0 spiro atoms. The summed E-state index contributed by atoms with van der Waals surface area (Å²) in [6.07, 6.45) is 2.49. The van der Waals surface area contributed by atoms with Gasteiger partial charge >= 0.3 is 0 Å². The molecule has 0 aliphatic carbocycles. The van der Waals surface area contributed by atoms with Crippen LogP contribution in [0, 0.1) is 11.6 Å². The van der Waals surface area contributed by atoms with Crippen molar-refractivity contribution in [3.63, 3.8) is 0 Å². The third kappa shape index (κ3) is 4.40. The Balaban J connectivity index is 1.73. The highest BCUT2D eigenvalue weighted by atomic mass is 19.1. The van der Waals surface area contributed by atoms with Crippen LogP contribution in [0.5, 0.6) is 5.75 Å². The minimum absolute atomic E-state index is 0.00571. The summed E-state index contributed by atoms with van der Waals surface area (Å²) in [7, 11) is 0. The van der Waals surface area contributed by atoms with Crippen molar-refractivity contribution in [3.8, 4) is 5.75 Å². The van der Waals surface area contributed by atoms with Gasteiger partial charge in [-0.3, -0.25) is 4.79 Å². The highest BCUT2D eigenvalue weighted by Gasteiger charge is 2.26. The van der Waals surface area contributed by atoms with Gasteiger partial charge in [0.15, 0.2) is 11.6 Å². The highest BCUT2D eigenvalue weighted by molar-refractivity contribution is 5.76. The number of carbonyl (C=O) groups excluding carboxylic acids is 1. The zero-order valence-electron chi connectivity index (χ0n) is 12.7. The number of hydrogen-bond donors (Lipinski definition) is 1. The Bertz CT molecular complexity index is 525. The summed E-state index contributed by atoms with van der Waals surface area (Å²) in [4.78, 5) is 14.0. The van der Waals surface area contributed by atoms with Gasteiger partial charge in [-0.05, 0) is 38.3 Å². The number of halogens is 2. The molecular weight excluding hydrogens is 290 g/mol. The van der Waals surface area contributed by atoms with Gasteiger partial charge < -0.3 is 15.4 Å². The Hall–Kier alpha value is -1.69. The van der Waals surface area contributed by atoms with E-state index in [-0.39, 0.29) is 30.3 Å². The maximum atomic E-state index is 13.4. The van der Waals surface area contributed by atoms with E-state index in [0.717, 1.165) is 25.0 Å². The molecule has 0 bridgehead atoms. The van der Waals surface area contributed by atoms with Crippen molar-refractivity contribution in [2.24, 2.45) is 5.73 Å². The van der Waals surface area contributed by atoms with Gasteiger partial charge in [0.05, 0.1) is 6.61 Å². The van der Waals surface area contributed by atoms with Crippen molar-refractivity contribution in [2.75, 3.05) is 13.2 Å². The summed E-state index contributed by atoms with van der Waals surface area (Å²) in [5.74, 6) is -1.30. The van der Waals surface area contributed by atoms with E-state index in [0.29, 0.717) is 19.4 Å². The van der Waals surface area contributed by atoms with E-state index in [1.165, 1.54) is 6.07 Å². The number of rotatable bonds is 5. The molecule has 1 fully saturated rings. The largest absolute Gasteiger partial charge is 0.491 e. The van der Waals surface area contributed by atoms with Crippen LogP contribution < -0.4 is 10.5 Å². The fourth-order valence-electron chi connectivity index (χ4n) is 2.72. The summed E-state index contributed by atoms with van der Waals surface area (Å²) in [6.45, 7) is 2.91. The van der Waals surface area contributed by atoms with Crippen molar-refractivity contribution in [3.05, 3.63) is 29.8 Å². The maximum absolute atomic E-state index is 13.4. The molecule has 1 aromatic rings. The Kier molecular flexibility index (Phi) is 5.71. The number of carbonyl (C=O) groups is 1. The summed E-state index contributed by atoms with van der Waals surface area (Å²) in [6, 6.07) is 3.50. The lowest BCUT2D eigenvalue weighted by Crippen LogP contribution is -2.48. The van der Waals surface area contributed by atoms with Crippen LogP contribution in [0.25, 0.3) is 0 Å². The average Bonchev–Trinajstić information content (AvgIpc) is 2.45. The van der Waals surface area contributed by atoms with Gasteiger partial charge in [-0.15, -0.1) is 0 Å². The molecule has 1 amide bonds. The Morgan fingerprint density at radius 3 is 2.91 bits per heavy atom. The predicted molar refractivity (Wildman–Crippen MR) is 79.5 cm³/mol. The van der Waals surface area contributed by atoms with Gasteiger partial charge in [-0.1, -0.05) is 0 Å². The summed E-state index contributed by atoms with van der Waals surface area (Å²) in [5.41, 5.74) is 5.88. The molecule has 0 saturated carbocycles. The first kappa shape index (κ1) is 16.7. The van der Waals surface area contributed by atoms with Crippen LogP contribution in [0.3, 0.4) is 0 Å². The second-order valence-electron chi connectivity index (χ2n) is 5.75. The zero-order chi connectivity index (χ0) is 16.1. The van der Waals surface area contributed by atoms with Crippen LogP contribution in [0.1, 0.15) is 32.6 Å². The Labute approximate surface area is 129 Å². The number of nitrogens with two attached hydrogens (primary N) is 1. The van der Waals surface area contributed by atoms with Crippen LogP contribution >= 0.6 is 0 Å². The third-order valence-electron chi connectivity index (χ3n) is 3.92. The molecule has 0 radical (unpaired) electrons. The quantitative estimate of drug-likeness (QED) is 0.850. The monoisotopic (exact) mass is 312 g/mol. The van der Waals surface area contributed by atoms with E-state index in [4.69, 9.17) is 10.5 Å². The van der Waals surface area contributed by atoms with E-state index in [1.807, 2.05) is 11.8 Å². The number of likely N-dealkylation sites (tertiary alicyclic amines) is 1. The lowest BCUT2D eigenvalue weighted by molar-refractivity contribution is -0.134. The molecule has 2 N–H and O–H groups in total. The van der Waals surface area contributed by atoms with Crippen molar-refractivity contribution in [1.29, 1.82) is 0 Å². The number of piperidine rings is 1. The third-order valence-corrected chi connectivity index (χ3v) is 3.92. The van der Waals surface area contributed by atoms with Crippen LogP contribution in [0.2, 0.25) is 0 Å². The van der Waals surface area contributed by atoms with Crippen LogP contribution in [-0.2, 0) is 4.79 Å². The van der Waals surface area contributed by atoms with Crippen LogP contribution in [-0.4, -0.2) is 36.0 Å². The lowest BCUT2D eigenvalue weighted by Gasteiger charge is -2.36. The van der Waals surface area contributed by atoms with Crippen LogP contribution in [0.4, 0.5) is 8.78 Å². The number of hydrogen-bond acceptors (Lipinski definition) is 3. The zero-order valence-corrected chi connectivity index (χ0v) is 12.7. The van der Waals surface area contributed by atoms with Gasteiger partial charge in [0.25, 0.3) is 0 Å². The highest BCUT2D eigenvalue weighted by Crippen LogP contribution is 2.19. The van der Waals surface area contributed by atoms with Gasteiger partial charge in [0, 0.05) is 31.1 Å². The smallest absolute Gasteiger partial charge is 0.222 e. The molecule has 6 heteroatoms. The van der Waals surface area contributed by atoms with Gasteiger partial charge in [0.1, 0.15) is 5.82 Å². The first-order valence-corrected chi connectivity index (χ1v) is 7.60. The molecule has 1 heterocycles. The van der Waals surface area contributed by atoms with Crippen molar-refractivity contribution in [2.45, 2.75) is 44.7 Å². The first-order valence-electron chi connectivity index (χ1n) is 7.60. The number of amides is 1.